The molecule has 0 aliphatic carbocycles. The third kappa shape index (κ3) is 4.18. The fourth-order valence-corrected chi connectivity index (χ4v) is 1.76. The van der Waals surface area contributed by atoms with Gasteiger partial charge in [-0.2, -0.15) is 0 Å². The number of benzene rings is 1. The van der Waals surface area contributed by atoms with Gasteiger partial charge in [0.2, 0.25) is 0 Å². The Labute approximate surface area is 113 Å². The molecule has 0 bridgehead atoms. The highest BCUT2D eigenvalue weighted by Gasteiger charge is 2.13. The van der Waals surface area contributed by atoms with Crippen molar-refractivity contribution in [3.8, 4) is 11.8 Å². The zero-order chi connectivity index (χ0) is 13.5. The molecule has 0 fully saturated rings. The van der Waals surface area contributed by atoms with Gasteiger partial charge in [-0.15, -0.1) is 11.8 Å². The third-order valence-corrected chi connectivity index (χ3v) is 2.53. The van der Waals surface area contributed by atoms with Gasteiger partial charge >= 0.3 is 0 Å². The average molecular weight is 311 g/mol. The van der Waals surface area contributed by atoms with Crippen LogP contribution >= 0.6 is 15.9 Å². The van der Waals surface area contributed by atoms with Crippen LogP contribution in [-0.2, 0) is 0 Å². The van der Waals surface area contributed by atoms with E-state index in [-0.39, 0.29) is 17.2 Å². The van der Waals surface area contributed by atoms with Gasteiger partial charge in [-0.3, -0.25) is 14.9 Å². The minimum atomic E-state index is -0.538. The molecule has 0 saturated carbocycles. The van der Waals surface area contributed by atoms with Gasteiger partial charge in [0.05, 0.1) is 4.92 Å². The molecule has 0 saturated heterocycles. The molecule has 0 unspecified atom stereocenters. The summed E-state index contributed by atoms with van der Waals surface area (Å²) in [6.07, 6.45) is 0.554. The molecule has 1 amide bonds. The summed E-state index contributed by atoms with van der Waals surface area (Å²) in [5, 5.41) is 13.3. The Morgan fingerprint density at radius 2 is 2.22 bits per heavy atom. The lowest BCUT2D eigenvalue weighted by molar-refractivity contribution is -0.385. The van der Waals surface area contributed by atoms with Gasteiger partial charge in [-0.1, -0.05) is 15.9 Å². The molecule has 1 aromatic carbocycles. The lowest BCUT2D eigenvalue weighted by atomic mass is 10.2. The number of nitrogens with one attached hydrogen (secondary N) is 1. The van der Waals surface area contributed by atoms with E-state index in [0.29, 0.717) is 17.4 Å². The summed E-state index contributed by atoms with van der Waals surface area (Å²) in [5.74, 6) is 5.18. The maximum absolute atomic E-state index is 11.7. The normalized spacial score (nSPS) is 9.22. The second kappa shape index (κ2) is 6.77. The van der Waals surface area contributed by atoms with Crippen molar-refractivity contribution in [3.05, 3.63) is 38.3 Å². The van der Waals surface area contributed by atoms with Crippen LogP contribution in [0.2, 0.25) is 0 Å². The predicted molar refractivity (Wildman–Crippen MR) is 71.2 cm³/mol. The van der Waals surface area contributed by atoms with Gasteiger partial charge < -0.3 is 5.32 Å². The first-order valence-electron chi connectivity index (χ1n) is 5.17. The van der Waals surface area contributed by atoms with Crippen molar-refractivity contribution in [1.82, 2.24) is 5.32 Å². The molecule has 0 heterocycles. The molecule has 0 aromatic heterocycles. The van der Waals surface area contributed by atoms with Crippen LogP contribution in [0, 0.1) is 22.0 Å². The number of halogens is 1. The number of non-ortho nitro benzene ring substituents is 1. The first kappa shape index (κ1) is 14.2. The average Bonchev–Trinajstić information content (AvgIpc) is 2.33. The van der Waals surface area contributed by atoms with E-state index in [1.807, 2.05) is 0 Å². The van der Waals surface area contributed by atoms with Crippen LogP contribution in [0.1, 0.15) is 23.7 Å². The van der Waals surface area contributed by atoms with Crippen LogP contribution in [0.5, 0.6) is 0 Å². The van der Waals surface area contributed by atoms with E-state index in [1.165, 1.54) is 18.2 Å². The Morgan fingerprint density at radius 3 is 2.83 bits per heavy atom. The highest BCUT2D eigenvalue weighted by molar-refractivity contribution is 9.10. The number of nitro benzene ring substituents is 1. The Hall–Kier alpha value is -1.87. The summed E-state index contributed by atoms with van der Waals surface area (Å²) < 4.78 is 0.496. The molecule has 5 nitrogen and oxygen atoms in total. The minimum absolute atomic E-state index is 0.122. The molecule has 6 heteroatoms. The van der Waals surface area contributed by atoms with E-state index >= 15 is 0 Å². The molecule has 0 aliphatic heterocycles. The number of carbonyl (C=O) groups is 1. The first-order chi connectivity index (χ1) is 8.54. The smallest absolute Gasteiger partial charge is 0.271 e. The molecular formula is C12H11BrN2O3. The molecule has 0 spiro atoms. The summed E-state index contributed by atoms with van der Waals surface area (Å²) >= 11 is 3.14. The van der Waals surface area contributed by atoms with E-state index in [9.17, 15) is 14.9 Å². The fraction of sp³-hybridized carbons (Fsp3) is 0.250. The Kier molecular flexibility index (Phi) is 5.33. The monoisotopic (exact) mass is 310 g/mol. The number of hydrogen-bond acceptors (Lipinski definition) is 3. The van der Waals surface area contributed by atoms with Gasteiger partial charge in [0.1, 0.15) is 0 Å². The summed E-state index contributed by atoms with van der Waals surface area (Å²) in [7, 11) is 0. The van der Waals surface area contributed by atoms with Crippen molar-refractivity contribution < 1.29 is 9.72 Å². The Balaban J connectivity index is 2.78. The lowest BCUT2D eigenvalue weighted by Gasteiger charge is -2.03. The van der Waals surface area contributed by atoms with Crippen molar-refractivity contribution in [2.75, 3.05) is 6.54 Å². The summed E-state index contributed by atoms with van der Waals surface area (Å²) in [4.78, 5) is 21.9. The van der Waals surface area contributed by atoms with E-state index in [1.54, 1.807) is 6.92 Å². The van der Waals surface area contributed by atoms with Gasteiger partial charge in [0.15, 0.2) is 0 Å². The largest absolute Gasteiger partial charge is 0.351 e. The molecule has 1 rings (SSSR count). The van der Waals surface area contributed by atoms with Crippen LogP contribution in [0.15, 0.2) is 22.7 Å². The zero-order valence-corrected chi connectivity index (χ0v) is 11.3. The molecule has 0 radical (unpaired) electrons. The Bertz CT molecular complexity index is 532. The second-order valence-electron chi connectivity index (χ2n) is 3.39. The SMILES string of the molecule is CC#CCCNC(=O)c1cc(Br)cc([N+](=O)[O-])c1. The van der Waals surface area contributed by atoms with Crippen molar-refractivity contribution in [3.63, 3.8) is 0 Å². The summed E-state index contributed by atoms with van der Waals surface area (Å²) in [6.45, 7) is 2.14. The third-order valence-electron chi connectivity index (χ3n) is 2.07. The first-order valence-corrected chi connectivity index (χ1v) is 5.96. The number of nitrogens with zero attached hydrogens (tertiary/aromatic N) is 1. The Morgan fingerprint density at radius 1 is 1.50 bits per heavy atom. The maximum atomic E-state index is 11.7. The van der Waals surface area contributed by atoms with E-state index in [4.69, 9.17) is 0 Å². The van der Waals surface area contributed by atoms with Crippen molar-refractivity contribution in [2.24, 2.45) is 0 Å². The number of hydrogen-bond donors (Lipinski definition) is 1. The number of carbonyl (C=O) groups excluding carboxylic acids is 1. The van der Waals surface area contributed by atoms with Gasteiger partial charge in [0, 0.05) is 35.1 Å². The molecular weight excluding hydrogens is 300 g/mol. The van der Waals surface area contributed by atoms with Crippen LogP contribution < -0.4 is 5.32 Å². The predicted octanol–water partition coefficient (Wildman–Crippen LogP) is 2.50. The van der Waals surface area contributed by atoms with E-state index < -0.39 is 4.92 Å². The maximum Gasteiger partial charge on any atom is 0.271 e. The lowest BCUT2D eigenvalue weighted by Crippen LogP contribution is -2.24. The molecule has 0 atom stereocenters. The van der Waals surface area contributed by atoms with Crippen molar-refractivity contribution in [2.45, 2.75) is 13.3 Å². The fourth-order valence-electron chi connectivity index (χ4n) is 1.28. The molecule has 0 aliphatic rings. The number of amides is 1. The number of rotatable bonds is 4. The van der Waals surface area contributed by atoms with Gasteiger partial charge in [0.25, 0.3) is 11.6 Å². The minimum Gasteiger partial charge on any atom is -0.351 e. The van der Waals surface area contributed by atoms with Crippen molar-refractivity contribution >= 4 is 27.5 Å². The van der Waals surface area contributed by atoms with E-state index in [0.717, 1.165) is 0 Å². The van der Waals surface area contributed by atoms with Crippen LogP contribution in [0.4, 0.5) is 5.69 Å². The topological polar surface area (TPSA) is 72.2 Å². The quantitative estimate of drug-likeness (QED) is 0.402. The molecule has 18 heavy (non-hydrogen) atoms. The second-order valence-corrected chi connectivity index (χ2v) is 4.30. The highest BCUT2D eigenvalue weighted by Crippen LogP contribution is 2.21. The van der Waals surface area contributed by atoms with Gasteiger partial charge in [-0.05, 0) is 13.0 Å². The standard InChI is InChI=1S/C12H11BrN2O3/c1-2-3-4-5-14-12(16)9-6-10(13)8-11(7-9)15(17)18/h6-8H,4-5H2,1H3,(H,14,16). The zero-order valence-electron chi connectivity index (χ0n) is 9.70. The van der Waals surface area contributed by atoms with Gasteiger partial charge in [-0.25, -0.2) is 0 Å². The molecule has 1 N–H and O–H groups in total. The van der Waals surface area contributed by atoms with Crippen LogP contribution in [0.3, 0.4) is 0 Å². The summed E-state index contributed by atoms with van der Waals surface area (Å²) in [6, 6.07) is 4.12. The van der Waals surface area contributed by atoms with Crippen molar-refractivity contribution in [1.29, 1.82) is 0 Å². The number of nitro groups is 1. The highest BCUT2D eigenvalue weighted by atomic mass is 79.9. The summed E-state index contributed by atoms with van der Waals surface area (Å²) in [5.41, 5.74) is 0.128. The van der Waals surface area contributed by atoms with Crippen LogP contribution in [0.25, 0.3) is 0 Å². The molecule has 1 aromatic rings. The van der Waals surface area contributed by atoms with E-state index in [2.05, 4.69) is 33.1 Å². The van der Waals surface area contributed by atoms with Crippen LogP contribution in [-0.4, -0.2) is 17.4 Å². The molecule has 94 valence electrons.